The van der Waals surface area contributed by atoms with Crippen molar-refractivity contribution in [3.63, 3.8) is 0 Å². The van der Waals surface area contributed by atoms with Gasteiger partial charge in [-0.2, -0.15) is 0 Å². The number of nitrogens with two attached hydrogens (primary N) is 1. The van der Waals surface area contributed by atoms with Gasteiger partial charge in [0, 0.05) is 21.2 Å². The Bertz CT molecular complexity index is 736. The van der Waals surface area contributed by atoms with Crippen LogP contribution in [0.2, 0.25) is 5.02 Å². The third-order valence-corrected chi connectivity index (χ3v) is 3.89. The summed E-state index contributed by atoms with van der Waals surface area (Å²) in [6.45, 7) is 0.125. The van der Waals surface area contributed by atoms with Crippen LogP contribution in [0.1, 0.15) is 10.4 Å². The second-order valence-electron chi connectivity index (χ2n) is 4.37. The lowest BCUT2D eigenvalue weighted by atomic mass is 10.1. The number of carbonyl (C=O) groups excluding carboxylic acids is 1. The smallest absolute Gasteiger partial charge is 0.257 e. The molecule has 21 heavy (non-hydrogen) atoms. The number of fused-ring (bicyclic) bond motifs is 1. The van der Waals surface area contributed by atoms with Gasteiger partial charge in [-0.25, -0.2) is 0 Å². The summed E-state index contributed by atoms with van der Waals surface area (Å²) in [5.41, 5.74) is 7.07. The molecule has 0 aromatic heterocycles. The van der Waals surface area contributed by atoms with Crippen molar-refractivity contribution in [3.8, 4) is 11.5 Å². The molecule has 2 aromatic rings. The van der Waals surface area contributed by atoms with Crippen molar-refractivity contribution in [1.29, 1.82) is 0 Å². The van der Waals surface area contributed by atoms with Crippen LogP contribution in [0.4, 0.5) is 11.4 Å². The lowest BCUT2D eigenvalue weighted by Gasteiger charge is -2.10. The van der Waals surface area contributed by atoms with Crippen LogP contribution >= 0.6 is 27.5 Å². The SMILES string of the molecule is Nc1cc2c(cc1C(=O)Nc1cc(Cl)ccc1Br)OCO2. The summed E-state index contributed by atoms with van der Waals surface area (Å²) in [4.78, 5) is 12.3. The van der Waals surface area contributed by atoms with Crippen LogP contribution < -0.4 is 20.5 Å². The number of carbonyl (C=O) groups is 1. The Hall–Kier alpha value is -1.92. The summed E-state index contributed by atoms with van der Waals surface area (Å²) in [6.07, 6.45) is 0. The normalized spacial score (nSPS) is 12.3. The maximum absolute atomic E-state index is 12.3. The molecule has 0 atom stereocenters. The van der Waals surface area contributed by atoms with E-state index >= 15 is 0 Å². The van der Waals surface area contributed by atoms with Gasteiger partial charge in [-0.05, 0) is 40.2 Å². The molecule has 5 nitrogen and oxygen atoms in total. The molecule has 1 heterocycles. The number of ether oxygens (including phenoxy) is 2. The second kappa shape index (κ2) is 5.46. The molecule has 0 fully saturated rings. The van der Waals surface area contributed by atoms with Gasteiger partial charge in [-0.1, -0.05) is 11.6 Å². The van der Waals surface area contributed by atoms with Crippen molar-refractivity contribution in [1.82, 2.24) is 0 Å². The van der Waals surface area contributed by atoms with Crippen LogP contribution in [0.5, 0.6) is 11.5 Å². The molecule has 108 valence electrons. The van der Waals surface area contributed by atoms with E-state index in [9.17, 15) is 4.79 Å². The van der Waals surface area contributed by atoms with E-state index in [0.717, 1.165) is 4.47 Å². The average Bonchev–Trinajstić information content (AvgIpc) is 2.89. The van der Waals surface area contributed by atoms with Crippen molar-refractivity contribution in [2.24, 2.45) is 0 Å². The van der Waals surface area contributed by atoms with E-state index in [1.54, 1.807) is 30.3 Å². The predicted octanol–water partition coefficient (Wildman–Crippen LogP) is 3.67. The van der Waals surface area contributed by atoms with Crippen molar-refractivity contribution < 1.29 is 14.3 Å². The molecule has 3 rings (SSSR count). The lowest BCUT2D eigenvalue weighted by molar-refractivity contribution is 0.102. The van der Waals surface area contributed by atoms with Gasteiger partial charge in [0.25, 0.3) is 5.91 Å². The molecular weight excluding hydrogens is 360 g/mol. The highest BCUT2D eigenvalue weighted by Gasteiger charge is 2.20. The van der Waals surface area contributed by atoms with Gasteiger partial charge in [-0.3, -0.25) is 4.79 Å². The Kier molecular flexibility index (Phi) is 3.65. The van der Waals surface area contributed by atoms with E-state index in [2.05, 4.69) is 21.2 Å². The van der Waals surface area contributed by atoms with Gasteiger partial charge in [0.15, 0.2) is 11.5 Å². The quantitative estimate of drug-likeness (QED) is 0.792. The number of halogens is 2. The molecule has 7 heteroatoms. The molecule has 1 amide bonds. The maximum Gasteiger partial charge on any atom is 0.257 e. The fraction of sp³-hybridized carbons (Fsp3) is 0.0714. The lowest BCUT2D eigenvalue weighted by Crippen LogP contribution is -2.14. The Morgan fingerprint density at radius 3 is 2.71 bits per heavy atom. The summed E-state index contributed by atoms with van der Waals surface area (Å²) in [5, 5.41) is 3.27. The third kappa shape index (κ3) is 2.77. The molecule has 1 aliphatic heterocycles. The summed E-state index contributed by atoms with van der Waals surface area (Å²) >= 11 is 9.27. The number of amides is 1. The summed E-state index contributed by atoms with van der Waals surface area (Å²) in [5.74, 6) is 0.682. The van der Waals surface area contributed by atoms with Crippen molar-refractivity contribution in [3.05, 3.63) is 45.4 Å². The van der Waals surface area contributed by atoms with Crippen LogP contribution in [0.3, 0.4) is 0 Å². The van der Waals surface area contributed by atoms with Crippen LogP contribution in [0.25, 0.3) is 0 Å². The number of hydrogen-bond acceptors (Lipinski definition) is 4. The molecule has 0 saturated heterocycles. The Labute approximate surface area is 134 Å². The Balaban J connectivity index is 1.91. The van der Waals surface area contributed by atoms with E-state index in [4.69, 9.17) is 26.8 Å². The van der Waals surface area contributed by atoms with Gasteiger partial charge < -0.3 is 20.5 Å². The van der Waals surface area contributed by atoms with Gasteiger partial charge >= 0.3 is 0 Å². The standard InChI is InChI=1S/C14H10BrClN2O3/c15-9-2-1-7(16)3-11(9)18-14(19)8-4-12-13(5-10(8)17)21-6-20-12/h1-5H,6,17H2,(H,18,19). The first kappa shape index (κ1) is 14.0. The van der Waals surface area contributed by atoms with E-state index < -0.39 is 0 Å². The molecule has 2 aromatic carbocycles. The minimum atomic E-state index is -0.353. The number of rotatable bonds is 2. The van der Waals surface area contributed by atoms with Gasteiger partial charge in [0.1, 0.15) is 0 Å². The molecule has 0 bridgehead atoms. The van der Waals surface area contributed by atoms with Crippen molar-refractivity contribution in [2.75, 3.05) is 17.8 Å². The van der Waals surface area contributed by atoms with E-state index in [1.165, 1.54) is 0 Å². The number of nitrogens with one attached hydrogen (secondary N) is 1. The molecular formula is C14H10BrClN2O3. The molecule has 0 unspecified atom stereocenters. The first-order valence-corrected chi connectivity index (χ1v) is 7.17. The summed E-state index contributed by atoms with van der Waals surface area (Å²) in [7, 11) is 0. The monoisotopic (exact) mass is 368 g/mol. The number of hydrogen-bond donors (Lipinski definition) is 2. The predicted molar refractivity (Wildman–Crippen MR) is 84.1 cm³/mol. The fourth-order valence-electron chi connectivity index (χ4n) is 1.94. The molecule has 0 saturated carbocycles. The third-order valence-electron chi connectivity index (χ3n) is 2.97. The Morgan fingerprint density at radius 1 is 1.24 bits per heavy atom. The molecule has 0 aliphatic carbocycles. The zero-order chi connectivity index (χ0) is 15.0. The fourth-order valence-corrected chi connectivity index (χ4v) is 2.46. The minimum absolute atomic E-state index is 0.125. The number of anilines is 2. The summed E-state index contributed by atoms with van der Waals surface area (Å²) < 4.78 is 11.2. The van der Waals surface area contributed by atoms with E-state index in [0.29, 0.717) is 33.5 Å². The molecule has 3 N–H and O–H groups in total. The van der Waals surface area contributed by atoms with Crippen LogP contribution in [-0.4, -0.2) is 12.7 Å². The highest BCUT2D eigenvalue weighted by Crippen LogP contribution is 2.36. The van der Waals surface area contributed by atoms with Gasteiger partial charge in [0.05, 0.1) is 11.3 Å². The van der Waals surface area contributed by atoms with Gasteiger partial charge in [-0.15, -0.1) is 0 Å². The van der Waals surface area contributed by atoms with E-state index in [-0.39, 0.29) is 12.7 Å². The Morgan fingerprint density at radius 2 is 1.95 bits per heavy atom. The molecule has 0 radical (unpaired) electrons. The van der Waals surface area contributed by atoms with Crippen LogP contribution in [0.15, 0.2) is 34.8 Å². The zero-order valence-corrected chi connectivity index (χ0v) is 13.0. The zero-order valence-electron chi connectivity index (χ0n) is 10.7. The number of nitrogen functional groups attached to an aromatic ring is 1. The van der Waals surface area contributed by atoms with Gasteiger partial charge in [0.2, 0.25) is 6.79 Å². The van der Waals surface area contributed by atoms with Crippen LogP contribution in [0, 0.1) is 0 Å². The molecule has 1 aliphatic rings. The summed E-state index contributed by atoms with van der Waals surface area (Å²) in [6, 6.07) is 8.25. The highest BCUT2D eigenvalue weighted by molar-refractivity contribution is 9.10. The largest absolute Gasteiger partial charge is 0.454 e. The van der Waals surface area contributed by atoms with E-state index in [1.807, 2.05) is 0 Å². The topological polar surface area (TPSA) is 73.6 Å². The highest BCUT2D eigenvalue weighted by atomic mass is 79.9. The number of benzene rings is 2. The van der Waals surface area contributed by atoms with Crippen molar-refractivity contribution >= 4 is 44.8 Å². The van der Waals surface area contributed by atoms with Crippen molar-refractivity contribution in [2.45, 2.75) is 0 Å². The minimum Gasteiger partial charge on any atom is -0.454 e. The molecule has 0 spiro atoms. The first-order chi connectivity index (χ1) is 10.0. The van der Waals surface area contributed by atoms with Crippen LogP contribution in [-0.2, 0) is 0 Å². The maximum atomic E-state index is 12.3. The average molecular weight is 370 g/mol. The first-order valence-electron chi connectivity index (χ1n) is 6.00. The second-order valence-corrected chi connectivity index (χ2v) is 5.66.